The molecule has 0 saturated heterocycles. The van der Waals surface area contributed by atoms with Crippen LogP contribution in [0.4, 0.5) is 4.79 Å². The first-order valence-corrected chi connectivity index (χ1v) is 3.37. The largest absolute Gasteiger partial charge is 0.409 e. The van der Waals surface area contributed by atoms with Crippen LogP contribution in [0.5, 0.6) is 0 Å². The summed E-state index contributed by atoms with van der Waals surface area (Å²) in [7, 11) is 0. The van der Waals surface area contributed by atoms with Gasteiger partial charge in [0.15, 0.2) is 5.84 Å². The first kappa shape index (κ1) is 10.5. The van der Waals surface area contributed by atoms with E-state index in [4.69, 9.17) is 16.7 Å². The van der Waals surface area contributed by atoms with Gasteiger partial charge in [0.2, 0.25) is 0 Å². The van der Waals surface area contributed by atoms with Crippen molar-refractivity contribution >= 4 is 11.9 Å². The summed E-state index contributed by atoms with van der Waals surface area (Å²) in [6, 6.07) is -0.569. The molecule has 70 valence electrons. The number of amides is 2. The SMILES string of the molecule is NC(=O)NCCNCC(N)=NO. The minimum atomic E-state index is -0.569. The Labute approximate surface area is 69.8 Å². The molecule has 0 aliphatic rings. The van der Waals surface area contributed by atoms with Crippen LogP contribution >= 0.6 is 0 Å². The number of carbonyl (C=O) groups is 1. The van der Waals surface area contributed by atoms with Gasteiger partial charge in [-0.15, -0.1) is 0 Å². The van der Waals surface area contributed by atoms with E-state index in [1.165, 1.54) is 0 Å². The van der Waals surface area contributed by atoms with Crippen LogP contribution in [-0.2, 0) is 0 Å². The Kier molecular flexibility index (Phi) is 5.45. The van der Waals surface area contributed by atoms with Crippen molar-refractivity contribution in [2.75, 3.05) is 19.6 Å². The minimum Gasteiger partial charge on any atom is -0.409 e. The zero-order valence-electron chi connectivity index (χ0n) is 6.58. The number of hydrogen-bond acceptors (Lipinski definition) is 4. The van der Waals surface area contributed by atoms with Crippen LogP contribution < -0.4 is 22.1 Å². The number of hydrogen-bond donors (Lipinski definition) is 5. The maximum Gasteiger partial charge on any atom is 0.312 e. The van der Waals surface area contributed by atoms with Crippen molar-refractivity contribution in [2.24, 2.45) is 16.6 Å². The third-order valence-electron chi connectivity index (χ3n) is 1.04. The predicted molar refractivity (Wildman–Crippen MR) is 43.9 cm³/mol. The number of urea groups is 1. The van der Waals surface area contributed by atoms with Gasteiger partial charge in [-0.1, -0.05) is 5.16 Å². The number of nitrogens with one attached hydrogen (secondary N) is 2. The molecule has 0 heterocycles. The Bertz CT molecular complexity index is 169. The number of rotatable bonds is 5. The third-order valence-corrected chi connectivity index (χ3v) is 1.04. The van der Waals surface area contributed by atoms with Gasteiger partial charge in [-0.25, -0.2) is 4.79 Å². The highest BCUT2D eigenvalue weighted by Crippen LogP contribution is 1.63. The van der Waals surface area contributed by atoms with Gasteiger partial charge in [0.05, 0.1) is 6.54 Å². The van der Waals surface area contributed by atoms with Crippen molar-refractivity contribution in [3.8, 4) is 0 Å². The van der Waals surface area contributed by atoms with Gasteiger partial charge >= 0.3 is 6.03 Å². The first-order chi connectivity index (χ1) is 5.66. The fourth-order valence-electron chi connectivity index (χ4n) is 0.526. The fraction of sp³-hybridized carbons (Fsp3) is 0.600. The standard InChI is InChI=1S/C5H13N5O2/c6-4(10-12)3-8-1-2-9-5(7)11/h8,12H,1-3H2,(H2,6,10)(H3,7,9,11). The van der Waals surface area contributed by atoms with E-state index >= 15 is 0 Å². The Hall–Kier alpha value is -1.50. The summed E-state index contributed by atoms with van der Waals surface area (Å²) in [5.74, 6) is 0.0917. The molecule has 7 nitrogen and oxygen atoms in total. The van der Waals surface area contributed by atoms with Gasteiger partial charge in [0.1, 0.15) is 0 Å². The number of nitrogens with two attached hydrogens (primary N) is 2. The number of nitrogens with zero attached hydrogens (tertiary/aromatic N) is 1. The zero-order valence-corrected chi connectivity index (χ0v) is 6.58. The normalized spacial score (nSPS) is 11.2. The molecule has 0 bridgehead atoms. The summed E-state index contributed by atoms with van der Waals surface area (Å²) in [5.41, 5.74) is 9.93. The molecule has 7 N–H and O–H groups in total. The van der Waals surface area contributed by atoms with E-state index in [2.05, 4.69) is 15.8 Å². The van der Waals surface area contributed by atoms with Crippen molar-refractivity contribution < 1.29 is 10.0 Å². The van der Waals surface area contributed by atoms with E-state index in [0.29, 0.717) is 13.1 Å². The summed E-state index contributed by atoms with van der Waals surface area (Å²) in [6.45, 7) is 1.20. The predicted octanol–water partition coefficient (Wildman–Crippen LogP) is -2.01. The maximum absolute atomic E-state index is 10.1. The van der Waals surface area contributed by atoms with Gasteiger partial charge in [0.25, 0.3) is 0 Å². The second-order valence-electron chi connectivity index (χ2n) is 2.06. The molecule has 0 radical (unpaired) electrons. The monoisotopic (exact) mass is 175 g/mol. The molecular formula is C5H13N5O2. The van der Waals surface area contributed by atoms with E-state index in [-0.39, 0.29) is 12.4 Å². The Morgan fingerprint density at radius 1 is 1.42 bits per heavy atom. The van der Waals surface area contributed by atoms with Crippen LogP contribution in [0.1, 0.15) is 0 Å². The summed E-state index contributed by atoms with van der Waals surface area (Å²) < 4.78 is 0. The summed E-state index contributed by atoms with van der Waals surface area (Å²) in [5, 5.41) is 16.0. The van der Waals surface area contributed by atoms with E-state index in [0.717, 1.165) is 0 Å². The van der Waals surface area contributed by atoms with Crippen LogP contribution in [0.25, 0.3) is 0 Å². The van der Waals surface area contributed by atoms with Crippen molar-refractivity contribution in [2.45, 2.75) is 0 Å². The lowest BCUT2D eigenvalue weighted by atomic mass is 10.5. The minimum absolute atomic E-state index is 0.0917. The molecule has 0 saturated carbocycles. The van der Waals surface area contributed by atoms with Gasteiger partial charge < -0.3 is 27.3 Å². The second-order valence-corrected chi connectivity index (χ2v) is 2.06. The highest BCUT2D eigenvalue weighted by atomic mass is 16.4. The Morgan fingerprint density at radius 2 is 2.08 bits per heavy atom. The molecule has 0 unspecified atom stereocenters. The first-order valence-electron chi connectivity index (χ1n) is 3.37. The second kappa shape index (κ2) is 6.23. The van der Waals surface area contributed by atoms with Gasteiger partial charge in [-0.3, -0.25) is 0 Å². The van der Waals surface area contributed by atoms with Crippen LogP contribution in [0.3, 0.4) is 0 Å². The number of carbonyl (C=O) groups excluding carboxylic acids is 1. The lowest BCUT2D eigenvalue weighted by Crippen LogP contribution is -2.38. The van der Waals surface area contributed by atoms with Gasteiger partial charge in [-0.2, -0.15) is 0 Å². The summed E-state index contributed by atoms with van der Waals surface area (Å²) in [6.07, 6.45) is 0. The third kappa shape index (κ3) is 6.62. The zero-order chi connectivity index (χ0) is 9.40. The maximum atomic E-state index is 10.1. The molecule has 2 amide bonds. The topological polar surface area (TPSA) is 126 Å². The van der Waals surface area contributed by atoms with Crippen LogP contribution in [0, 0.1) is 0 Å². The molecule has 0 rings (SSSR count). The van der Waals surface area contributed by atoms with Crippen LogP contribution in [0.15, 0.2) is 5.16 Å². The van der Waals surface area contributed by atoms with Crippen molar-refractivity contribution in [3.63, 3.8) is 0 Å². The smallest absolute Gasteiger partial charge is 0.312 e. The molecule has 0 aromatic carbocycles. The van der Waals surface area contributed by atoms with E-state index in [9.17, 15) is 4.79 Å². The number of oxime groups is 1. The Morgan fingerprint density at radius 3 is 2.58 bits per heavy atom. The Balaban J connectivity index is 3.16. The fourth-order valence-corrected chi connectivity index (χ4v) is 0.526. The van der Waals surface area contributed by atoms with Crippen molar-refractivity contribution in [1.29, 1.82) is 0 Å². The van der Waals surface area contributed by atoms with Crippen molar-refractivity contribution in [3.05, 3.63) is 0 Å². The summed E-state index contributed by atoms with van der Waals surface area (Å²) in [4.78, 5) is 10.1. The number of amidine groups is 1. The van der Waals surface area contributed by atoms with Gasteiger partial charge in [0, 0.05) is 13.1 Å². The van der Waals surface area contributed by atoms with E-state index in [1.807, 2.05) is 0 Å². The van der Waals surface area contributed by atoms with Crippen molar-refractivity contribution in [1.82, 2.24) is 10.6 Å². The molecular weight excluding hydrogens is 162 g/mol. The number of primary amides is 1. The molecule has 0 spiro atoms. The molecule has 0 fully saturated rings. The highest BCUT2D eigenvalue weighted by Gasteiger charge is 1.92. The molecule has 0 atom stereocenters. The van der Waals surface area contributed by atoms with Gasteiger partial charge in [-0.05, 0) is 0 Å². The molecule has 0 aromatic heterocycles. The molecule has 7 heteroatoms. The van der Waals surface area contributed by atoms with E-state index in [1.54, 1.807) is 0 Å². The quantitative estimate of drug-likeness (QED) is 0.109. The van der Waals surface area contributed by atoms with Crippen LogP contribution in [0.2, 0.25) is 0 Å². The molecule has 0 aliphatic carbocycles. The average Bonchev–Trinajstić information content (AvgIpc) is 2.03. The molecule has 0 aliphatic heterocycles. The summed E-state index contributed by atoms with van der Waals surface area (Å²) >= 11 is 0. The lowest BCUT2D eigenvalue weighted by molar-refractivity contribution is 0.249. The van der Waals surface area contributed by atoms with Crippen LogP contribution in [-0.4, -0.2) is 36.7 Å². The lowest BCUT2D eigenvalue weighted by Gasteiger charge is -2.02. The average molecular weight is 175 g/mol. The highest BCUT2D eigenvalue weighted by molar-refractivity contribution is 5.81. The van der Waals surface area contributed by atoms with E-state index < -0.39 is 6.03 Å². The molecule has 12 heavy (non-hydrogen) atoms. The molecule has 0 aromatic rings.